The lowest BCUT2D eigenvalue weighted by Crippen LogP contribution is -1.96. The van der Waals surface area contributed by atoms with E-state index in [9.17, 15) is 0 Å². The van der Waals surface area contributed by atoms with Crippen LogP contribution in [0, 0.1) is 0 Å². The Balaban J connectivity index is 2.23. The zero-order valence-corrected chi connectivity index (χ0v) is 6.89. The van der Waals surface area contributed by atoms with Crippen LogP contribution in [0.5, 0.6) is 0 Å². The van der Waals surface area contributed by atoms with Gasteiger partial charge in [0.2, 0.25) is 0 Å². The van der Waals surface area contributed by atoms with Crippen LogP contribution >= 0.6 is 8.81 Å². The van der Waals surface area contributed by atoms with E-state index in [-0.39, 0.29) is 0 Å². The van der Waals surface area contributed by atoms with Crippen LogP contribution in [0.2, 0.25) is 0 Å². The Morgan fingerprint density at radius 2 is 2.20 bits per heavy atom. The summed E-state index contributed by atoms with van der Waals surface area (Å²) >= 11 is 0. The summed E-state index contributed by atoms with van der Waals surface area (Å²) in [7, 11) is 0.624. The van der Waals surface area contributed by atoms with Crippen LogP contribution in [-0.2, 0) is 4.52 Å². The predicted octanol–water partition coefficient (Wildman–Crippen LogP) is 2.95. The molecule has 1 nitrogen and oxygen atoms in total. The molecule has 1 aliphatic heterocycles. The van der Waals surface area contributed by atoms with Crippen LogP contribution in [0.25, 0.3) is 0 Å². The lowest BCUT2D eigenvalue weighted by atomic mass is 9.99. The molecule has 10 heavy (non-hydrogen) atoms. The molecule has 2 rings (SSSR count). The SMILES string of the molecule is C1=CC2=C(CCCC2)PO1. The van der Waals surface area contributed by atoms with E-state index in [1.54, 1.807) is 10.9 Å². The van der Waals surface area contributed by atoms with E-state index in [1.807, 2.05) is 6.26 Å². The maximum atomic E-state index is 5.23. The Labute approximate surface area is 63.0 Å². The molecular formula is C8H11OP. The third-order valence-corrected chi connectivity index (χ3v) is 3.10. The van der Waals surface area contributed by atoms with Gasteiger partial charge in [-0.3, -0.25) is 0 Å². The zero-order chi connectivity index (χ0) is 6.81. The molecule has 0 bridgehead atoms. The predicted molar refractivity (Wildman–Crippen MR) is 44.0 cm³/mol. The summed E-state index contributed by atoms with van der Waals surface area (Å²) in [6, 6.07) is 0. The molecule has 0 fully saturated rings. The van der Waals surface area contributed by atoms with Crippen molar-refractivity contribution in [2.24, 2.45) is 0 Å². The van der Waals surface area contributed by atoms with E-state index in [4.69, 9.17) is 4.52 Å². The van der Waals surface area contributed by atoms with E-state index in [0.29, 0.717) is 8.81 Å². The molecule has 0 radical (unpaired) electrons. The Bertz CT molecular complexity index is 193. The molecule has 0 aromatic heterocycles. The highest BCUT2D eigenvalue weighted by atomic mass is 31.1. The first kappa shape index (κ1) is 6.42. The molecular weight excluding hydrogens is 143 g/mol. The van der Waals surface area contributed by atoms with Gasteiger partial charge in [0.1, 0.15) is 0 Å². The summed E-state index contributed by atoms with van der Waals surface area (Å²) < 4.78 is 5.23. The van der Waals surface area contributed by atoms with E-state index in [1.165, 1.54) is 25.7 Å². The fourth-order valence-electron chi connectivity index (χ4n) is 1.45. The Hall–Kier alpha value is -0.290. The van der Waals surface area contributed by atoms with Gasteiger partial charge in [-0.05, 0) is 42.6 Å². The van der Waals surface area contributed by atoms with Crippen LogP contribution in [-0.4, -0.2) is 0 Å². The molecule has 1 unspecified atom stereocenters. The molecule has 1 atom stereocenters. The summed E-state index contributed by atoms with van der Waals surface area (Å²) in [6.45, 7) is 0. The maximum Gasteiger partial charge on any atom is 0.0998 e. The van der Waals surface area contributed by atoms with Crippen molar-refractivity contribution in [1.82, 2.24) is 0 Å². The number of hydrogen-bond acceptors (Lipinski definition) is 1. The lowest BCUT2D eigenvalue weighted by Gasteiger charge is -2.20. The van der Waals surface area contributed by atoms with E-state index in [2.05, 4.69) is 6.08 Å². The molecule has 2 aliphatic rings. The molecule has 0 amide bonds. The third kappa shape index (κ3) is 1.11. The number of allylic oxidation sites excluding steroid dienone is 3. The van der Waals surface area contributed by atoms with Gasteiger partial charge < -0.3 is 4.52 Å². The van der Waals surface area contributed by atoms with Gasteiger partial charge in [0, 0.05) is 0 Å². The maximum absolute atomic E-state index is 5.23. The first-order valence-corrected chi connectivity index (χ1v) is 4.68. The molecule has 0 N–H and O–H groups in total. The van der Waals surface area contributed by atoms with Gasteiger partial charge in [-0.25, -0.2) is 0 Å². The number of hydrogen-bond donors (Lipinski definition) is 0. The average Bonchev–Trinajstić information content (AvgIpc) is 2.05. The van der Waals surface area contributed by atoms with Gasteiger partial charge in [-0.15, -0.1) is 0 Å². The Morgan fingerprint density at radius 1 is 1.30 bits per heavy atom. The molecule has 0 saturated carbocycles. The fourth-order valence-corrected chi connectivity index (χ4v) is 2.35. The molecule has 1 aliphatic carbocycles. The number of rotatable bonds is 0. The van der Waals surface area contributed by atoms with E-state index in [0.717, 1.165) is 0 Å². The van der Waals surface area contributed by atoms with Crippen molar-refractivity contribution in [2.45, 2.75) is 25.7 Å². The highest BCUT2D eigenvalue weighted by Crippen LogP contribution is 2.40. The van der Waals surface area contributed by atoms with Gasteiger partial charge >= 0.3 is 0 Å². The Morgan fingerprint density at radius 3 is 3.10 bits per heavy atom. The van der Waals surface area contributed by atoms with Crippen molar-refractivity contribution in [2.75, 3.05) is 0 Å². The van der Waals surface area contributed by atoms with Crippen LogP contribution in [0.1, 0.15) is 25.7 Å². The summed E-state index contributed by atoms with van der Waals surface area (Å²) in [4.78, 5) is 0. The monoisotopic (exact) mass is 154 g/mol. The van der Waals surface area contributed by atoms with Crippen LogP contribution in [0.3, 0.4) is 0 Å². The summed E-state index contributed by atoms with van der Waals surface area (Å²) in [6.07, 6.45) is 9.25. The van der Waals surface area contributed by atoms with Crippen LogP contribution in [0.15, 0.2) is 23.2 Å². The van der Waals surface area contributed by atoms with Gasteiger partial charge in [-0.1, -0.05) is 0 Å². The summed E-state index contributed by atoms with van der Waals surface area (Å²) in [5, 5.41) is 1.56. The first-order valence-electron chi connectivity index (χ1n) is 3.77. The third-order valence-electron chi connectivity index (χ3n) is 2.03. The van der Waals surface area contributed by atoms with Gasteiger partial charge in [0.25, 0.3) is 0 Å². The second-order valence-corrected chi connectivity index (χ2v) is 3.78. The van der Waals surface area contributed by atoms with Crippen molar-refractivity contribution in [3.8, 4) is 0 Å². The molecule has 54 valence electrons. The zero-order valence-electron chi connectivity index (χ0n) is 5.89. The van der Waals surface area contributed by atoms with Crippen LogP contribution in [0.4, 0.5) is 0 Å². The highest BCUT2D eigenvalue weighted by molar-refractivity contribution is 7.37. The second-order valence-electron chi connectivity index (χ2n) is 2.73. The van der Waals surface area contributed by atoms with E-state index >= 15 is 0 Å². The molecule has 0 saturated heterocycles. The van der Waals surface area contributed by atoms with Gasteiger partial charge in [-0.2, -0.15) is 0 Å². The minimum atomic E-state index is 0.624. The topological polar surface area (TPSA) is 9.23 Å². The minimum absolute atomic E-state index is 0.624. The first-order chi connectivity index (χ1) is 4.97. The van der Waals surface area contributed by atoms with Crippen molar-refractivity contribution in [1.29, 1.82) is 0 Å². The quantitative estimate of drug-likeness (QED) is 0.487. The minimum Gasteiger partial charge on any atom is -0.480 e. The molecule has 0 aromatic carbocycles. The van der Waals surface area contributed by atoms with E-state index < -0.39 is 0 Å². The smallest absolute Gasteiger partial charge is 0.0998 e. The second kappa shape index (κ2) is 2.75. The molecule has 0 aromatic rings. The normalized spacial score (nSPS) is 26.4. The largest absolute Gasteiger partial charge is 0.480 e. The molecule has 1 heterocycles. The van der Waals surface area contributed by atoms with Crippen molar-refractivity contribution >= 4 is 8.81 Å². The lowest BCUT2D eigenvalue weighted by molar-refractivity contribution is 0.540. The van der Waals surface area contributed by atoms with Crippen molar-refractivity contribution < 1.29 is 4.52 Å². The van der Waals surface area contributed by atoms with Gasteiger partial charge in [0.05, 0.1) is 15.1 Å². The highest BCUT2D eigenvalue weighted by Gasteiger charge is 2.13. The summed E-state index contributed by atoms with van der Waals surface area (Å²) in [5.41, 5.74) is 1.55. The average molecular weight is 154 g/mol. The standard InChI is InChI=1S/C8H11OP/c1-2-4-8-7(3-1)5-6-9-10-8/h5-6,10H,1-4H2. The van der Waals surface area contributed by atoms with Gasteiger partial charge in [0.15, 0.2) is 0 Å². The Kier molecular flexibility index (Phi) is 1.77. The fraction of sp³-hybridized carbons (Fsp3) is 0.500. The van der Waals surface area contributed by atoms with Crippen molar-refractivity contribution in [3.05, 3.63) is 23.2 Å². The van der Waals surface area contributed by atoms with Crippen molar-refractivity contribution in [3.63, 3.8) is 0 Å². The molecule has 2 heteroatoms. The molecule has 0 spiro atoms. The summed E-state index contributed by atoms with van der Waals surface area (Å²) in [5.74, 6) is 0. The van der Waals surface area contributed by atoms with Crippen LogP contribution < -0.4 is 0 Å².